The van der Waals surface area contributed by atoms with E-state index in [-0.39, 0.29) is 0 Å². The lowest BCUT2D eigenvalue weighted by Gasteiger charge is -2.14. The quantitative estimate of drug-likeness (QED) is 0.832. The van der Waals surface area contributed by atoms with E-state index in [1.165, 1.54) is 12.8 Å². The first-order chi connectivity index (χ1) is 9.28. The van der Waals surface area contributed by atoms with Gasteiger partial charge in [0.2, 0.25) is 0 Å². The Morgan fingerprint density at radius 3 is 2.68 bits per heavy atom. The number of hydrogen-bond acceptors (Lipinski definition) is 5. The molecule has 1 aromatic carbocycles. The van der Waals surface area contributed by atoms with E-state index in [0.717, 1.165) is 29.8 Å². The molecular formula is C14H16N4O. The number of nitrogen functional groups attached to an aromatic ring is 1. The molecule has 3 rings (SSSR count). The Hall–Kier alpha value is -2.17. The molecule has 0 radical (unpaired) electrons. The molecule has 0 saturated carbocycles. The summed E-state index contributed by atoms with van der Waals surface area (Å²) < 4.78 is 5.34. The fourth-order valence-electron chi connectivity index (χ4n) is 2.37. The van der Waals surface area contributed by atoms with Crippen molar-refractivity contribution < 1.29 is 4.74 Å². The van der Waals surface area contributed by atoms with E-state index in [4.69, 9.17) is 10.5 Å². The van der Waals surface area contributed by atoms with Gasteiger partial charge in [-0.15, -0.1) is 5.10 Å². The van der Waals surface area contributed by atoms with Crippen molar-refractivity contribution in [3.05, 3.63) is 29.6 Å². The fourth-order valence-corrected chi connectivity index (χ4v) is 2.37. The minimum Gasteiger partial charge on any atom is -0.496 e. The summed E-state index contributed by atoms with van der Waals surface area (Å²) in [6.45, 7) is 0. The van der Waals surface area contributed by atoms with Crippen molar-refractivity contribution in [3.63, 3.8) is 0 Å². The highest BCUT2D eigenvalue weighted by atomic mass is 16.5. The molecule has 2 aromatic rings. The zero-order valence-corrected chi connectivity index (χ0v) is 10.9. The molecule has 1 aliphatic carbocycles. The number of ether oxygens (including phenoxy) is 1. The zero-order chi connectivity index (χ0) is 13.2. The van der Waals surface area contributed by atoms with Crippen LogP contribution < -0.4 is 10.5 Å². The van der Waals surface area contributed by atoms with Gasteiger partial charge in [0.15, 0.2) is 5.82 Å². The van der Waals surface area contributed by atoms with E-state index in [0.29, 0.717) is 17.3 Å². The van der Waals surface area contributed by atoms with Gasteiger partial charge in [-0.2, -0.15) is 5.10 Å². The topological polar surface area (TPSA) is 73.9 Å². The van der Waals surface area contributed by atoms with Gasteiger partial charge in [-0.05, 0) is 37.8 Å². The molecule has 1 heterocycles. The average molecular weight is 256 g/mol. The van der Waals surface area contributed by atoms with Crippen molar-refractivity contribution in [3.8, 4) is 17.1 Å². The average Bonchev–Trinajstić information content (AvgIpc) is 2.46. The van der Waals surface area contributed by atoms with E-state index in [2.05, 4.69) is 15.2 Å². The van der Waals surface area contributed by atoms with Gasteiger partial charge in [0, 0.05) is 11.8 Å². The molecular weight excluding hydrogens is 240 g/mol. The maximum absolute atomic E-state index is 5.76. The van der Waals surface area contributed by atoms with Gasteiger partial charge in [-0.1, -0.05) is 0 Å². The first kappa shape index (κ1) is 11.9. The Labute approximate surface area is 111 Å². The lowest BCUT2D eigenvalue weighted by atomic mass is 10.0. The van der Waals surface area contributed by atoms with Crippen molar-refractivity contribution in [2.45, 2.75) is 25.7 Å². The summed E-state index contributed by atoms with van der Waals surface area (Å²) in [4.78, 5) is 4.63. The third-order valence-corrected chi connectivity index (χ3v) is 3.38. The van der Waals surface area contributed by atoms with Crippen LogP contribution in [0.25, 0.3) is 11.4 Å². The van der Waals surface area contributed by atoms with E-state index in [9.17, 15) is 0 Å². The van der Waals surface area contributed by atoms with Crippen molar-refractivity contribution in [1.29, 1.82) is 0 Å². The normalized spacial score (nSPS) is 13.9. The van der Waals surface area contributed by atoms with Crippen LogP contribution in [0, 0.1) is 0 Å². The molecule has 5 nitrogen and oxygen atoms in total. The van der Waals surface area contributed by atoms with Crippen LogP contribution in [0.2, 0.25) is 0 Å². The van der Waals surface area contributed by atoms with Crippen LogP contribution in [0.4, 0.5) is 5.69 Å². The number of anilines is 1. The van der Waals surface area contributed by atoms with Crippen molar-refractivity contribution in [2.75, 3.05) is 12.8 Å². The lowest BCUT2D eigenvalue weighted by molar-refractivity contribution is 0.416. The number of nitrogens with two attached hydrogens (primary N) is 1. The number of fused-ring (bicyclic) bond motifs is 1. The minimum atomic E-state index is 0.609. The second-order valence-corrected chi connectivity index (χ2v) is 4.70. The zero-order valence-electron chi connectivity index (χ0n) is 10.9. The summed E-state index contributed by atoms with van der Waals surface area (Å²) in [5, 5.41) is 8.51. The Balaban J connectivity index is 2.07. The molecule has 0 amide bonds. The highest BCUT2D eigenvalue weighted by Gasteiger charge is 2.16. The summed E-state index contributed by atoms with van der Waals surface area (Å²) in [5.41, 5.74) is 9.34. The van der Waals surface area contributed by atoms with Crippen LogP contribution in [-0.2, 0) is 12.8 Å². The summed E-state index contributed by atoms with van der Waals surface area (Å²) in [7, 11) is 1.62. The SMILES string of the molecule is COc1cc(N)ccc1-c1nnc2c(n1)CCCC2. The number of benzene rings is 1. The van der Waals surface area contributed by atoms with Crippen molar-refractivity contribution in [2.24, 2.45) is 0 Å². The number of hydrogen-bond donors (Lipinski definition) is 1. The van der Waals surface area contributed by atoms with E-state index in [1.807, 2.05) is 12.1 Å². The van der Waals surface area contributed by atoms with Gasteiger partial charge in [-0.3, -0.25) is 0 Å². The van der Waals surface area contributed by atoms with Crippen LogP contribution in [0.1, 0.15) is 24.2 Å². The number of aromatic nitrogens is 3. The molecule has 1 aliphatic rings. The largest absolute Gasteiger partial charge is 0.496 e. The third-order valence-electron chi connectivity index (χ3n) is 3.38. The van der Waals surface area contributed by atoms with Crippen molar-refractivity contribution in [1.82, 2.24) is 15.2 Å². The first-order valence-electron chi connectivity index (χ1n) is 6.44. The summed E-state index contributed by atoms with van der Waals surface area (Å²) in [6, 6.07) is 5.47. The van der Waals surface area contributed by atoms with Crippen LogP contribution >= 0.6 is 0 Å². The minimum absolute atomic E-state index is 0.609. The highest BCUT2D eigenvalue weighted by Crippen LogP contribution is 2.30. The second kappa shape index (κ2) is 4.84. The van der Waals surface area contributed by atoms with E-state index < -0.39 is 0 Å². The number of methoxy groups -OCH3 is 1. The monoisotopic (exact) mass is 256 g/mol. The summed E-state index contributed by atoms with van der Waals surface area (Å²) in [6.07, 6.45) is 4.31. The van der Waals surface area contributed by atoms with Gasteiger partial charge in [0.05, 0.1) is 24.1 Å². The molecule has 0 aliphatic heterocycles. The van der Waals surface area contributed by atoms with Crippen LogP contribution in [0.3, 0.4) is 0 Å². The van der Waals surface area contributed by atoms with Crippen LogP contribution in [-0.4, -0.2) is 22.3 Å². The predicted octanol–water partition coefficient (Wildman–Crippen LogP) is 2.01. The number of nitrogens with zero attached hydrogens (tertiary/aromatic N) is 3. The first-order valence-corrected chi connectivity index (χ1v) is 6.44. The smallest absolute Gasteiger partial charge is 0.185 e. The van der Waals surface area contributed by atoms with Gasteiger partial charge in [0.25, 0.3) is 0 Å². The van der Waals surface area contributed by atoms with E-state index >= 15 is 0 Å². The highest BCUT2D eigenvalue weighted by molar-refractivity contribution is 5.67. The molecule has 5 heteroatoms. The molecule has 0 atom stereocenters. The molecule has 0 unspecified atom stereocenters. The molecule has 1 aromatic heterocycles. The maximum Gasteiger partial charge on any atom is 0.185 e. The van der Waals surface area contributed by atoms with Crippen LogP contribution in [0.15, 0.2) is 18.2 Å². The Kier molecular flexibility index (Phi) is 3.03. The molecule has 98 valence electrons. The molecule has 2 N–H and O–H groups in total. The van der Waals surface area contributed by atoms with Gasteiger partial charge in [0.1, 0.15) is 5.75 Å². The summed E-state index contributed by atoms with van der Waals surface area (Å²) in [5.74, 6) is 1.29. The Morgan fingerprint density at radius 1 is 1.11 bits per heavy atom. The third kappa shape index (κ3) is 2.23. The molecule has 0 spiro atoms. The molecule has 0 saturated heterocycles. The second-order valence-electron chi connectivity index (χ2n) is 4.70. The molecule has 0 fully saturated rings. The summed E-state index contributed by atoms with van der Waals surface area (Å²) >= 11 is 0. The van der Waals surface area contributed by atoms with Gasteiger partial charge < -0.3 is 10.5 Å². The standard InChI is InChI=1S/C14H16N4O/c1-19-13-8-9(15)6-7-10(13)14-16-11-4-2-3-5-12(11)17-18-14/h6-8H,2-5,15H2,1H3. The van der Waals surface area contributed by atoms with Gasteiger partial charge in [-0.25, -0.2) is 4.98 Å². The number of rotatable bonds is 2. The Morgan fingerprint density at radius 2 is 1.89 bits per heavy atom. The fraction of sp³-hybridized carbons (Fsp3) is 0.357. The van der Waals surface area contributed by atoms with E-state index in [1.54, 1.807) is 13.2 Å². The lowest BCUT2D eigenvalue weighted by Crippen LogP contribution is -2.10. The number of aryl methyl sites for hydroxylation is 2. The Bertz CT molecular complexity index is 612. The maximum atomic E-state index is 5.76. The van der Waals surface area contributed by atoms with Gasteiger partial charge >= 0.3 is 0 Å². The van der Waals surface area contributed by atoms with Crippen molar-refractivity contribution >= 4 is 5.69 Å². The molecule has 19 heavy (non-hydrogen) atoms. The molecule has 0 bridgehead atoms. The van der Waals surface area contributed by atoms with Crippen LogP contribution in [0.5, 0.6) is 5.75 Å². The predicted molar refractivity (Wildman–Crippen MR) is 72.9 cm³/mol.